The number of carbonyl (C=O) groups is 1. The average molecular weight is 208 g/mol. The molecule has 0 spiro atoms. The Morgan fingerprint density at radius 2 is 2.00 bits per heavy atom. The zero-order chi connectivity index (χ0) is 11.3. The van der Waals surface area contributed by atoms with E-state index in [4.69, 9.17) is 9.47 Å². The fraction of sp³-hybridized carbons (Fsp3) is 0.417. The Morgan fingerprint density at radius 1 is 1.27 bits per heavy atom. The van der Waals surface area contributed by atoms with Gasteiger partial charge in [0, 0.05) is 12.5 Å². The highest BCUT2D eigenvalue weighted by molar-refractivity contribution is 5.53. The van der Waals surface area contributed by atoms with E-state index in [1.54, 1.807) is 14.2 Å². The average Bonchev–Trinajstić information content (AvgIpc) is 2.26. The molecular formula is C12H16O3. The van der Waals surface area contributed by atoms with Crippen molar-refractivity contribution in [2.24, 2.45) is 0 Å². The standard InChI is InChI=1S/C12H16O3/c1-9-7-10(14-2)8-12(15-3)11(9)5-4-6-13/h6-8H,4-5H2,1-3H3. The molecule has 3 heteroatoms. The summed E-state index contributed by atoms with van der Waals surface area (Å²) < 4.78 is 10.4. The normalized spacial score (nSPS) is 9.80. The fourth-order valence-electron chi connectivity index (χ4n) is 1.58. The molecule has 0 aliphatic carbocycles. The van der Waals surface area contributed by atoms with Crippen LogP contribution in [0.5, 0.6) is 11.5 Å². The molecule has 0 N–H and O–H groups in total. The lowest BCUT2D eigenvalue weighted by Crippen LogP contribution is -1.97. The van der Waals surface area contributed by atoms with Gasteiger partial charge < -0.3 is 14.3 Å². The lowest BCUT2D eigenvalue weighted by molar-refractivity contribution is -0.107. The monoisotopic (exact) mass is 208 g/mol. The Labute approximate surface area is 90.0 Å². The quantitative estimate of drug-likeness (QED) is 0.695. The molecule has 0 atom stereocenters. The van der Waals surface area contributed by atoms with Crippen molar-refractivity contribution in [3.8, 4) is 11.5 Å². The van der Waals surface area contributed by atoms with E-state index in [0.29, 0.717) is 12.8 Å². The zero-order valence-electron chi connectivity index (χ0n) is 9.37. The van der Waals surface area contributed by atoms with Crippen LogP contribution >= 0.6 is 0 Å². The molecule has 0 amide bonds. The van der Waals surface area contributed by atoms with Gasteiger partial charge in [-0.1, -0.05) is 0 Å². The number of aryl methyl sites for hydroxylation is 1. The summed E-state index contributed by atoms with van der Waals surface area (Å²) in [5.74, 6) is 1.56. The van der Waals surface area contributed by atoms with E-state index in [0.717, 1.165) is 28.9 Å². The van der Waals surface area contributed by atoms with Crippen molar-refractivity contribution >= 4 is 6.29 Å². The van der Waals surface area contributed by atoms with Crippen LogP contribution < -0.4 is 9.47 Å². The predicted octanol–water partition coefficient (Wildman–Crippen LogP) is 2.14. The van der Waals surface area contributed by atoms with Crippen LogP contribution in [-0.4, -0.2) is 20.5 Å². The van der Waals surface area contributed by atoms with Crippen molar-refractivity contribution in [3.63, 3.8) is 0 Å². The van der Waals surface area contributed by atoms with Gasteiger partial charge in [-0.3, -0.25) is 0 Å². The van der Waals surface area contributed by atoms with Crippen LogP contribution in [0.1, 0.15) is 17.5 Å². The minimum Gasteiger partial charge on any atom is -0.497 e. The first-order valence-electron chi connectivity index (χ1n) is 4.88. The van der Waals surface area contributed by atoms with Gasteiger partial charge in [0.2, 0.25) is 0 Å². The van der Waals surface area contributed by atoms with Gasteiger partial charge in [-0.15, -0.1) is 0 Å². The van der Waals surface area contributed by atoms with Crippen LogP contribution in [-0.2, 0) is 11.2 Å². The Kier molecular flexibility index (Phi) is 4.16. The molecule has 82 valence electrons. The highest BCUT2D eigenvalue weighted by Gasteiger charge is 2.08. The second kappa shape index (κ2) is 5.39. The maximum Gasteiger partial charge on any atom is 0.126 e. The number of ether oxygens (including phenoxy) is 2. The lowest BCUT2D eigenvalue weighted by Gasteiger charge is -2.12. The zero-order valence-corrected chi connectivity index (χ0v) is 9.37. The fourth-order valence-corrected chi connectivity index (χ4v) is 1.58. The first-order valence-corrected chi connectivity index (χ1v) is 4.88. The number of carbonyl (C=O) groups excluding carboxylic acids is 1. The molecule has 0 unspecified atom stereocenters. The second-order valence-corrected chi connectivity index (χ2v) is 3.33. The van der Waals surface area contributed by atoms with E-state index in [1.165, 1.54) is 0 Å². The van der Waals surface area contributed by atoms with Crippen LogP contribution in [0.2, 0.25) is 0 Å². The Balaban J connectivity index is 3.06. The molecule has 0 fully saturated rings. The molecule has 1 rings (SSSR count). The Morgan fingerprint density at radius 3 is 2.53 bits per heavy atom. The van der Waals surface area contributed by atoms with E-state index < -0.39 is 0 Å². The molecule has 1 aromatic rings. The molecular weight excluding hydrogens is 192 g/mol. The summed E-state index contributed by atoms with van der Waals surface area (Å²) in [6.45, 7) is 1.99. The third kappa shape index (κ3) is 2.72. The molecule has 0 bridgehead atoms. The summed E-state index contributed by atoms with van der Waals surface area (Å²) in [7, 11) is 3.25. The Hall–Kier alpha value is -1.51. The molecule has 0 saturated carbocycles. The SMILES string of the molecule is COc1cc(C)c(CCC=O)c(OC)c1. The topological polar surface area (TPSA) is 35.5 Å². The molecule has 0 aromatic heterocycles. The molecule has 0 aliphatic heterocycles. The number of aldehydes is 1. The molecule has 0 saturated heterocycles. The highest BCUT2D eigenvalue weighted by atomic mass is 16.5. The maximum absolute atomic E-state index is 10.3. The molecule has 0 radical (unpaired) electrons. The van der Waals surface area contributed by atoms with Gasteiger partial charge in [0.15, 0.2) is 0 Å². The lowest BCUT2D eigenvalue weighted by atomic mass is 10.0. The third-order valence-corrected chi connectivity index (χ3v) is 2.37. The first kappa shape index (κ1) is 11.6. The van der Waals surface area contributed by atoms with Crippen molar-refractivity contribution in [1.29, 1.82) is 0 Å². The summed E-state index contributed by atoms with van der Waals surface area (Å²) in [5.41, 5.74) is 2.17. The smallest absolute Gasteiger partial charge is 0.126 e. The largest absolute Gasteiger partial charge is 0.497 e. The van der Waals surface area contributed by atoms with E-state index in [2.05, 4.69) is 0 Å². The van der Waals surface area contributed by atoms with Crippen LogP contribution in [0.4, 0.5) is 0 Å². The minimum absolute atomic E-state index is 0.517. The predicted molar refractivity (Wildman–Crippen MR) is 58.7 cm³/mol. The molecule has 0 aliphatic rings. The molecule has 3 nitrogen and oxygen atoms in total. The van der Waals surface area contributed by atoms with E-state index in [9.17, 15) is 4.79 Å². The third-order valence-electron chi connectivity index (χ3n) is 2.37. The van der Waals surface area contributed by atoms with E-state index in [-0.39, 0.29) is 0 Å². The number of benzene rings is 1. The van der Waals surface area contributed by atoms with Gasteiger partial charge in [0.1, 0.15) is 17.8 Å². The van der Waals surface area contributed by atoms with E-state index in [1.807, 2.05) is 19.1 Å². The molecule has 1 aromatic carbocycles. The minimum atomic E-state index is 0.517. The van der Waals surface area contributed by atoms with Gasteiger partial charge in [-0.25, -0.2) is 0 Å². The number of hydrogen-bond acceptors (Lipinski definition) is 3. The number of methoxy groups -OCH3 is 2. The molecule has 15 heavy (non-hydrogen) atoms. The summed E-state index contributed by atoms with van der Waals surface area (Å²) >= 11 is 0. The van der Waals surface area contributed by atoms with Crippen LogP contribution in [0.15, 0.2) is 12.1 Å². The summed E-state index contributed by atoms with van der Waals surface area (Å²) in [4.78, 5) is 10.3. The highest BCUT2D eigenvalue weighted by Crippen LogP contribution is 2.29. The number of rotatable bonds is 5. The van der Waals surface area contributed by atoms with Crippen molar-refractivity contribution in [2.75, 3.05) is 14.2 Å². The molecule has 0 heterocycles. The summed E-state index contributed by atoms with van der Waals surface area (Å²) in [6.07, 6.45) is 2.15. The second-order valence-electron chi connectivity index (χ2n) is 3.33. The van der Waals surface area contributed by atoms with Crippen molar-refractivity contribution in [2.45, 2.75) is 19.8 Å². The van der Waals surface area contributed by atoms with Gasteiger partial charge in [0.25, 0.3) is 0 Å². The van der Waals surface area contributed by atoms with Gasteiger partial charge in [-0.05, 0) is 30.5 Å². The summed E-state index contributed by atoms with van der Waals surface area (Å²) in [5, 5.41) is 0. The van der Waals surface area contributed by atoms with E-state index >= 15 is 0 Å². The maximum atomic E-state index is 10.3. The van der Waals surface area contributed by atoms with Crippen LogP contribution in [0, 0.1) is 6.92 Å². The summed E-state index contributed by atoms with van der Waals surface area (Å²) in [6, 6.07) is 3.79. The van der Waals surface area contributed by atoms with Crippen molar-refractivity contribution < 1.29 is 14.3 Å². The van der Waals surface area contributed by atoms with Crippen molar-refractivity contribution in [3.05, 3.63) is 23.3 Å². The van der Waals surface area contributed by atoms with Gasteiger partial charge >= 0.3 is 0 Å². The van der Waals surface area contributed by atoms with Crippen molar-refractivity contribution in [1.82, 2.24) is 0 Å². The van der Waals surface area contributed by atoms with Crippen LogP contribution in [0.3, 0.4) is 0 Å². The first-order chi connectivity index (χ1) is 7.22. The van der Waals surface area contributed by atoms with Crippen LogP contribution in [0.25, 0.3) is 0 Å². The number of hydrogen-bond donors (Lipinski definition) is 0. The van der Waals surface area contributed by atoms with Gasteiger partial charge in [-0.2, -0.15) is 0 Å². The van der Waals surface area contributed by atoms with Gasteiger partial charge in [0.05, 0.1) is 14.2 Å². The Bertz CT molecular complexity index is 345.